The van der Waals surface area contributed by atoms with E-state index in [0.717, 1.165) is 47.7 Å². The van der Waals surface area contributed by atoms with Crippen LogP contribution < -0.4 is 4.74 Å². The number of para-hydroxylation sites is 1. The first-order valence-corrected chi connectivity index (χ1v) is 9.71. The van der Waals surface area contributed by atoms with E-state index in [2.05, 4.69) is 6.07 Å². The summed E-state index contributed by atoms with van der Waals surface area (Å²) < 4.78 is 5.49. The average Bonchev–Trinajstić information content (AvgIpc) is 2.79. The maximum absolute atomic E-state index is 12.8. The first-order chi connectivity index (χ1) is 13.8. The van der Waals surface area contributed by atoms with Crippen LogP contribution in [0.1, 0.15) is 34.8 Å². The number of carbonyl (C=O) groups excluding carboxylic acids is 1. The molecule has 1 atom stereocenters. The first kappa shape index (κ1) is 18.2. The number of ether oxygens (including phenoxy) is 1. The highest BCUT2D eigenvalue weighted by molar-refractivity contribution is 5.94. The summed E-state index contributed by atoms with van der Waals surface area (Å²) in [6.07, 6.45) is 2.03. The van der Waals surface area contributed by atoms with Crippen molar-refractivity contribution in [1.82, 2.24) is 9.88 Å². The van der Waals surface area contributed by atoms with Crippen LogP contribution in [0, 0.1) is 0 Å². The van der Waals surface area contributed by atoms with Gasteiger partial charge in [0.1, 0.15) is 5.75 Å². The van der Waals surface area contributed by atoms with Crippen LogP contribution in [0.2, 0.25) is 0 Å². The molecule has 2 heterocycles. The normalized spacial score (nSPS) is 16.6. The van der Waals surface area contributed by atoms with E-state index in [1.807, 2.05) is 71.6 Å². The molecule has 1 aliphatic heterocycles. The third kappa shape index (κ3) is 3.77. The summed E-state index contributed by atoms with van der Waals surface area (Å²) in [5, 5.41) is 0. The number of piperidine rings is 1. The Hall–Kier alpha value is -3.14. The number of methoxy groups -OCH3 is 1. The van der Waals surface area contributed by atoms with E-state index in [1.165, 1.54) is 0 Å². The van der Waals surface area contributed by atoms with Crippen LogP contribution >= 0.6 is 0 Å². The molecule has 1 saturated heterocycles. The minimum atomic E-state index is 0.103. The van der Waals surface area contributed by atoms with Gasteiger partial charge < -0.3 is 9.64 Å². The molecule has 1 aliphatic rings. The van der Waals surface area contributed by atoms with Crippen LogP contribution in [0.3, 0.4) is 0 Å². The Balaban J connectivity index is 1.57. The van der Waals surface area contributed by atoms with Gasteiger partial charge in [0, 0.05) is 35.8 Å². The zero-order valence-corrected chi connectivity index (χ0v) is 16.0. The highest BCUT2D eigenvalue weighted by Crippen LogP contribution is 2.31. The van der Waals surface area contributed by atoms with Gasteiger partial charge in [-0.25, -0.2) is 0 Å². The molecule has 0 bridgehead atoms. The molecule has 1 amide bonds. The van der Waals surface area contributed by atoms with Gasteiger partial charge >= 0.3 is 0 Å². The van der Waals surface area contributed by atoms with Crippen LogP contribution in [0.5, 0.6) is 5.75 Å². The molecule has 0 saturated carbocycles. The van der Waals surface area contributed by atoms with Crippen LogP contribution in [-0.2, 0) is 0 Å². The van der Waals surface area contributed by atoms with E-state index in [1.54, 1.807) is 7.11 Å². The molecule has 1 fully saturated rings. The largest absolute Gasteiger partial charge is 0.496 e. The van der Waals surface area contributed by atoms with Crippen molar-refractivity contribution in [1.29, 1.82) is 0 Å². The van der Waals surface area contributed by atoms with Crippen molar-refractivity contribution in [2.45, 2.75) is 18.8 Å². The minimum absolute atomic E-state index is 0.103. The summed E-state index contributed by atoms with van der Waals surface area (Å²) in [6.45, 7) is 1.51. The predicted octanol–water partition coefficient (Wildman–Crippen LogP) is 4.78. The van der Waals surface area contributed by atoms with Gasteiger partial charge in [0.15, 0.2) is 0 Å². The van der Waals surface area contributed by atoms with Gasteiger partial charge in [0.05, 0.1) is 12.8 Å². The first-order valence-electron chi connectivity index (χ1n) is 9.71. The third-order valence-electron chi connectivity index (χ3n) is 5.30. The lowest BCUT2D eigenvalue weighted by molar-refractivity contribution is 0.0706. The highest BCUT2D eigenvalue weighted by atomic mass is 16.5. The van der Waals surface area contributed by atoms with Crippen LogP contribution in [0.15, 0.2) is 72.8 Å². The van der Waals surface area contributed by atoms with Gasteiger partial charge in [0.25, 0.3) is 5.91 Å². The molecular formula is C24H24N2O2. The second-order valence-electron chi connectivity index (χ2n) is 7.10. The molecule has 1 aromatic heterocycles. The zero-order valence-electron chi connectivity index (χ0n) is 16.0. The summed E-state index contributed by atoms with van der Waals surface area (Å²) >= 11 is 0. The van der Waals surface area contributed by atoms with E-state index < -0.39 is 0 Å². The molecule has 3 aromatic rings. The number of pyridine rings is 1. The van der Waals surface area contributed by atoms with Gasteiger partial charge in [0.2, 0.25) is 0 Å². The van der Waals surface area contributed by atoms with E-state index in [9.17, 15) is 4.79 Å². The fourth-order valence-electron chi connectivity index (χ4n) is 3.85. The maximum Gasteiger partial charge on any atom is 0.253 e. The SMILES string of the molecule is COc1ccccc1-c1cccc([C@@H]2CCCN(C(=O)c3ccccc3)C2)n1. The lowest BCUT2D eigenvalue weighted by Gasteiger charge is -2.32. The number of carbonyl (C=O) groups is 1. The monoisotopic (exact) mass is 372 g/mol. The quantitative estimate of drug-likeness (QED) is 0.662. The zero-order chi connectivity index (χ0) is 19.3. The van der Waals surface area contributed by atoms with Gasteiger partial charge in [-0.15, -0.1) is 0 Å². The minimum Gasteiger partial charge on any atom is -0.496 e. The molecule has 0 spiro atoms. The fourth-order valence-corrected chi connectivity index (χ4v) is 3.85. The Labute approximate surface area is 165 Å². The highest BCUT2D eigenvalue weighted by Gasteiger charge is 2.26. The number of nitrogens with zero attached hydrogens (tertiary/aromatic N) is 2. The maximum atomic E-state index is 12.8. The van der Waals surface area contributed by atoms with Crippen LogP contribution in [0.25, 0.3) is 11.3 Å². The average molecular weight is 372 g/mol. The number of amides is 1. The van der Waals surface area contributed by atoms with Crippen molar-refractivity contribution in [3.05, 3.63) is 84.1 Å². The van der Waals surface area contributed by atoms with Gasteiger partial charge in [-0.3, -0.25) is 9.78 Å². The standard InChI is InChI=1S/C24H24N2O2/c1-28-23-15-6-5-12-20(23)22-14-7-13-21(25-22)19-11-8-16-26(17-19)24(27)18-9-3-2-4-10-18/h2-7,9-10,12-15,19H,8,11,16-17H2,1H3/t19-/m1/s1. The second kappa shape index (κ2) is 8.26. The Morgan fingerprint density at radius 1 is 1.00 bits per heavy atom. The van der Waals surface area contributed by atoms with Crippen molar-refractivity contribution < 1.29 is 9.53 Å². The molecule has 0 unspecified atom stereocenters. The van der Waals surface area contributed by atoms with E-state index in [-0.39, 0.29) is 11.8 Å². The smallest absolute Gasteiger partial charge is 0.253 e. The molecule has 4 nitrogen and oxygen atoms in total. The van der Waals surface area contributed by atoms with Crippen molar-refractivity contribution in [2.24, 2.45) is 0 Å². The number of benzene rings is 2. The van der Waals surface area contributed by atoms with Crippen molar-refractivity contribution in [2.75, 3.05) is 20.2 Å². The lowest BCUT2D eigenvalue weighted by atomic mass is 9.93. The molecule has 0 radical (unpaired) electrons. The molecule has 0 aliphatic carbocycles. The second-order valence-corrected chi connectivity index (χ2v) is 7.10. The Morgan fingerprint density at radius 3 is 2.61 bits per heavy atom. The van der Waals surface area contributed by atoms with Gasteiger partial charge in [-0.2, -0.15) is 0 Å². The summed E-state index contributed by atoms with van der Waals surface area (Å²) in [6, 6.07) is 23.6. The molecular weight excluding hydrogens is 348 g/mol. The summed E-state index contributed by atoms with van der Waals surface area (Å²) in [7, 11) is 1.68. The Morgan fingerprint density at radius 2 is 1.79 bits per heavy atom. The number of hydrogen-bond acceptors (Lipinski definition) is 3. The summed E-state index contributed by atoms with van der Waals surface area (Å²) in [5.41, 5.74) is 3.68. The van der Waals surface area contributed by atoms with E-state index in [4.69, 9.17) is 9.72 Å². The number of hydrogen-bond donors (Lipinski definition) is 0. The number of aromatic nitrogens is 1. The van der Waals surface area contributed by atoms with Crippen LogP contribution in [-0.4, -0.2) is 36.0 Å². The topological polar surface area (TPSA) is 42.4 Å². The fraction of sp³-hybridized carbons (Fsp3) is 0.250. The lowest BCUT2D eigenvalue weighted by Crippen LogP contribution is -2.39. The number of rotatable bonds is 4. The summed E-state index contributed by atoms with van der Waals surface area (Å²) in [4.78, 5) is 19.7. The number of likely N-dealkylation sites (tertiary alicyclic amines) is 1. The van der Waals surface area contributed by atoms with E-state index in [0.29, 0.717) is 6.54 Å². The van der Waals surface area contributed by atoms with Gasteiger partial charge in [-0.05, 0) is 49.2 Å². The Kier molecular flexibility index (Phi) is 5.38. The predicted molar refractivity (Wildman–Crippen MR) is 111 cm³/mol. The molecule has 4 heteroatoms. The van der Waals surface area contributed by atoms with Crippen LogP contribution in [0.4, 0.5) is 0 Å². The van der Waals surface area contributed by atoms with Crippen molar-refractivity contribution in [3.63, 3.8) is 0 Å². The summed E-state index contributed by atoms with van der Waals surface area (Å²) in [5.74, 6) is 1.17. The molecule has 4 rings (SSSR count). The molecule has 0 N–H and O–H groups in total. The third-order valence-corrected chi connectivity index (χ3v) is 5.30. The van der Waals surface area contributed by atoms with E-state index >= 15 is 0 Å². The van der Waals surface area contributed by atoms with Gasteiger partial charge in [-0.1, -0.05) is 36.4 Å². The Bertz CT molecular complexity index is 956. The molecule has 2 aromatic carbocycles. The molecule has 142 valence electrons. The van der Waals surface area contributed by atoms with Crippen molar-refractivity contribution >= 4 is 5.91 Å². The van der Waals surface area contributed by atoms with Crippen molar-refractivity contribution in [3.8, 4) is 17.0 Å². The molecule has 28 heavy (non-hydrogen) atoms.